The molecule has 0 fully saturated rings. The van der Waals surface area contributed by atoms with Crippen LogP contribution < -0.4 is 14.8 Å². The summed E-state index contributed by atoms with van der Waals surface area (Å²) >= 11 is 6.24. The summed E-state index contributed by atoms with van der Waals surface area (Å²) in [6.07, 6.45) is 6.16. The summed E-state index contributed by atoms with van der Waals surface area (Å²) in [5, 5.41) is 2.06. The minimum absolute atomic E-state index is 0.232. The largest absolute Gasteiger partial charge is 0.493 e. The van der Waals surface area contributed by atoms with Crippen LogP contribution in [0, 0.1) is 0 Å². The fourth-order valence-electron chi connectivity index (χ4n) is 2.14. The minimum Gasteiger partial charge on any atom is -0.493 e. The molecule has 124 valence electrons. The first kappa shape index (κ1) is 17.1. The molecule has 0 aliphatic carbocycles. The van der Waals surface area contributed by atoms with Crippen molar-refractivity contribution in [1.82, 2.24) is 14.9 Å². The highest BCUT2D eigenvalue weighted by molar-refractivity contribution is 6.30. The van der Waals surface area contributed by atoms with Crippen molar-refractivity contribution in [2.75, 3.05) is 20.8 Å². The van der Waals surface area contributed by atoms with Crippen LogP contribution in [0.25, 0.3) is 0 Å². The maximum Gasteiger partial charge on any atom is 0.242 e. The lowest BCUT2D eigenvalue weighted by Gasteiger charge is -2.14. The second-order valence-corrected chi connectivity index (χ2v) is 5.36. The first-order chi connectivity index (χ1) is 11.2. The Hall–Kier alpha value is -2.21. The van der Waals surface area contributed by atoms with Gasteiger partial charge in [-0.2, -0.15) is 0 Å². The number of nitrogens with one attached hydrogen (secondary N) is 1. The zero-order valence-electron chi connectivity index (χ0n) is 13.2. The molecule has 0 bridgehead atoms. The van der Waals surface area contributed by atoms with Gasteiger partial charge in [0.15, 0.2) is 11.5 Å². The predicted molar refractivity (Wildman–Crippen MR) is 88.0 cm³/mol. The van der Waals surface area contributed by atoms with Gasteiger partial charge in [0.25, 0.3) is 0 Å². The second kappa shape index (κ2) is 8.43. The molecule has 0 saturated heterocycles. The van der Waals surface area contributed by atoms with Crippen molar-refractivity contribution in [1.29, 1.82) is 0 Å². The number of carbonyl (C=O) groups excluding carboxylic acids is 1. The van der Waals surface area contributed by atoms with Gasteiger partial charge in [0, 0.05) is 25.5 Å². The van der Waals surface area contributed by atoms with Crippen LogP contribution in [0.2, 0.25) is 0 Å². The van der Waals surface area contributed by atoms with Gasteiger partial charge in [0.2, 0.25) is 5.91 Å². The molecule has 7 heteroatoms. The molecule has 1 aromatic carbocycles. The van der Waals surface area contributed by atoms with Crippen molar-refractivity contribution in [3.05, 3.63) is 42.5 Å². The summed E-state index contributed by atoms with van der Waals surface area (Å²) in [6, 6.07) is 5.20. The second-order valence-electron chi connectivity index (χ2n) is 4.92. The molecular weight excluding hydrogens is 318 g/mol. The zero-order valence-corrected chi connectivity index (χ0v) is 13.9. The molecule has 0 saturated carbocycles. The van der Waals surface area contributed by atoms with Crippen molar-refractivity contribution >= 4 is 17.5 Å². The Bertz CT molecular complexity index is 632. The van der Waals surface area contributed by atoms with Crippen molar-refractivity contribution in [2.24, 2.45) is 0 Å². The van der Waals surface area contributed by atoms with Crippen LogP contribution in [0.3, 0.4) is 0 Å². The average molecular weight is 338 g/mol. The fourth-order valence-corrected chi connectivity index (χ4v) is 2.36. The van der Waals surface area contributed by atoms with E-state index < -0.39 is 5.38 Å². The number of halogens is 1. The van der Waals surface area contributed by atoms with E-state index in [9.17, 15) is 4.79 Å². The number of ether oxygens (including phenoxy) is 2. The van der Waals surface area contributed by atoms with Gasteiger partial charge in [0.05, 0.1) is 20.5 Å². The van der Waals surface area contributed by atoms with E-state index >= 15 is 0 Å². The molecule has 0 aliphatic heterocycles. The summed E-state index contributed by atoms with van der Waals surface area (Å²) < 4.78 is 12.3. The lowest BCUT2D eigenvalue weighted by atomic mass is 10.1. The Morgan fingerprint density at radius 2 is 2.13 bits per heavy atom. The van der Waals surface area contributed by atoms with Crippen LogP contribution in [-0.4, -0.2) is 36.2 Å². The van der Waals surface area contributed by atoms with Crippen molar-refractivity contribution < 1.29 is 14.3 Å². The highest BCUT2D eigenvalue weighted by Crippen LogP contribution is 2.32. The number of aromatic nitrogens is 2. The molecule has 0 radical (unpaired) electrons. The summed E-state index contributed by atoms with van der Waals surface area (Å²) in [5.41, 5.74) is 0.663. The SMILES string of the molecule is COc1ccc(C(Cl)C(=O)NCCCn2ccnc2)cc1OC. The lowest BCUT2D eigenvalue weighted by molar-refractivity contribution is -0.120. The van der Waals surface area contributed by atoms with E-state index in [1.54, 1.807) is 44.9 Å². The highest BCUT2D eigenvalue weighted by Gasteiger charge is 2.19. The van der Waals surface area contributed by atoms with Gasteiger partial charge < -0.3 is 19.4 Å². The van der Waals surface area contributed by atoms with Crippen molar-refractivity contribution in [3.8, 4) is 11.5 Å². The number of amides is 1. The molecule has 6 nitrogen and oxygen atoms in total. The van der Waals surface area contributed by atoms with Gasteiger partial charge >= 0.3 is 0 Å². The summed E-state index contributed by atoms with van der Waals surface area (Å²) in [5.74, 6) is 0.911. The first-order valence-electron chi connectivity index (χ1n) is 7.25. The molecule has 1 atom stereocenters. The molecule has 1 amide bonds. The van der Waals surface area contributed by atoms with Gasteiger partial charge in [-0.15, -0.1) is 11.6 Å². The van der Waals surface area contributed by atoms with Crippen LogP contribution in [0.5, 0.6) is 11.5 Å². The van der Waals surface area contributed by atoms with Gasteiger partial charge in [-0.1, -0.05) is 6.07 Å². The Balaban J connectivity index is 1.86. The number of nitrogens with zero attached hydrogens (tertiary/aromatic N) is 2. The molecular formula is C16H20ClN3O3. The third-order valence-corrected chi connectivity index (χ3v) is 3.83. The number of hydrogen-bond acceptors (Lipinski definition) is 4. The van der Waals surface area contributed by atoms with Crippen molar-refractivity contribution in [3.63, 3.8) is 0 Å². The summed E-state index contributed by atoms with van der Waals surface area (Å²) in [6.45, 7) is 1.34. The van der Waals surface area contributed by atoms with Crippen LogP contribution in [0.15, 0.2) is 36.9 Å². The number of methoxy groups -OCH3 is 2. The van der Waals surface area contributed by atoms with Gasteiger partial charge in [0.1, 0.15) is 5.38 Å². The number of carbonyl (C=O) groups is 1. The molecule has 2 aromatic rings. The fraction of sp³-hybridized carbons (Fsp3) is 0.375. The molecule has 1 unspecified atom stereocenters. The number of alkyl halides is 1. The van der Waals surface area contributed by atoms with E-state index in [1.807, 2.05) is 10.8 Å². The van der Waals surface area contributed by atoms with E-state index in [1.165, 1.54) is 0 Å². The number of rotatable bonds is 8. The third-order valence-electron chi connectivity index (χ3n) is 3.38. The Morgan fingerprint density at radius 1 is 1.35 bits per heavy atom. The number of aryl methyl sites for hydroxylation is 1. The predicted octanol–water partition coefficient (Wildman–Crippen LogP) is 2.39. The van der Waals surface area contributed by atoms with Crippen LogP contribution in [-0.2, 0) is 11.3 Å². The summed E-state index contributed by atoms with van der Waals surface area (Å²) in [4.78, 5) is 16.1. The van der Waals surface area contributed by atoms with E-state index in [2.05, 4.69) is 10.3 Å². The molecule has 23 heavy (non-hydrogen) atoms. The minimum atomic E-state index is -0.775. The van der Waals surface area contributed by atoms with Crippen LogP contribution in [0.1, 0.15) is 17.4 Å². The molecule has 0 aliphatic rings. The van der Waals surface area contributed by atoms with E-state index in [0.717, 1.165) is 13.0 Å². The molecule has 2 rings (SSSR count). The quantitative estimate of drug-likeness (QED) is 0.593. The maximum atomic E-state index is 12.1. The maximum absolute atomic E-state index is 12.1. The normalized spacial score (nSPS) is 11.8. The van der Waals surface area contributed by atoms with Crippen LogP contribution in [0.4, 0.5) is 0 Å². The van der Waals surface area contributed by atoms with Gasteiger partial charge in [-0.05, 0) is 24.1 Å². The molecule has 1 N–H and O–H groups in total. The average Bonchev–Trinajstić information content (AvgIpc) is 3.10. The monoisotopic (exact) mass is 337 g/mol. The zero-order chi connectivity index (χ0) is 16.7. The molecule has 0 spiro atoms. The van der Waals surface area contributed by atoms with E-state index in [-0.39, 0.29) is 5.91 Å². The van der Waals surface area contributed by atoms with Gasteiger partial charge in [-0.3, -0.25) is 4.79 Å². The summed E-state index contributed by atoms with van der Waals surface area (Å²) in [7, 11) is 3.10. The molecule has 1 heterocycles. The standard InChI is InChI=1S/C16H20ClN3O3/c1-22-13-5-4-12(10-14(13)23-2)15(17)16(21)19-6-3-8-20-9-7-18-11-20/h4-5,7,9-11,15H,3,6,8H2,1-2H3,(H,19,21). The lowest BCUT2D eigenvalue weighted by Crippen LogP contribution is -2.28. The number of benzene rings is 1. The van der Waals surface area contributed by atoms with Crippen LogP contribution >= 0.6 is 11.6 Å². The van der Waals surface area contributed by atoms with E-state index in [4.69, 9.17) is 21.1 Å². The Kier molecular flexibility index (Phi) is 6.29. The topological polar surface area (TPSA) is 65.4 Å². The van der Waals surface area contributed by atoms with Gasteiger partial charge in [-0.25, -0.2) is 4.98 Å². The Morgan fingerprint density at radius 3 is 2.78 bits per heavy atom. The number of imidazole rings is 1. The third kappa shape index (κ3) is 4.63. The molecule has 1 aromatic heterocycles. The first-order valence-corrected chi connectivity index (χ1v) is 7.68. The Labute approximate surface area is 140 Å². The smallest absolute Gasteiger partial charge is 0.242 e. The van der Waals surface area contributed by atoms with Crippen molar-refractivity contribution in [2.45, 2.75) is 18.3 Å². The number of hydrogen-bond donors (Lipinski definition) is 1. The highest BCUT2D eigenvalue weighted by atomic mass is 35.5. The van der Waals surface area contributed by atoms with E-state index in [0.29, 0.717) is 23.6 Å².